The molecule has 0 spiro atoms. The number of ketones is 2. The third kappa shape index (κ3) is 6.19. The lowest BCUT2D eigenvalue weighted by molar-refractivity contribution is -0.121. The monoisotopic (exact) mass is 465 g/mol. The summed E-state index contributed by atoms with van der Waals surface area (Å²) in [6.07, 6.45) is 11.6. The molecule has 2 aliphatic rings. The SMILES string of the molecule is Cc1c(C(=O)CCCCC2C[C@H]3CC[C@@H](C2)N3CC(=O)CCCC(C)(C)C)oc2ccccc12. The summed E-state index contributed by atoms with van der Waals surface area (Å²) >= 11 is 0. The van der Waals surface area contributed by atoms with Crippen molar-refractivity contribution < 1.29 is 14.0 Å². The molecule has 186 valence electrons. The minimum Gasteiger partial charge on any atom is -0.453 e. The Kier molecular flexibility index (Phi) is 7.97. The van der Waals surface area contributed by atoms with E-state index < -0.39 is 0 Å². The van der Waals surface area contributed by atoms with Gasteiger partial charge < -0.3 is 4.42 Å². The molecule has 1 aromatic carbocycles. The summed E-state index contributed by atoms with van der Waals surface area (Å²) in [5.41, 5.74) is 2.09. The third-order valence-electron chi connectivity index (χ3n) is 8.09. The lowest BCUT2D eigenvalue weighted by Crippen LogP contribution is -2.45. The minimum atomic E-state index is 0.133. The Morgan fingerprint density at radius 3 is 2.38 bits per heavy atom. The second-order valence-corrected chi connectivity index (χ2v) is 12.1. The predicted octanol–water partition coefficient (Wildman–Crippen LogP) is 7.51. The van der Waals surface area contributed by atoms with Crippen molar-refractivity contribution in [3.63, 3.8) is 0 Å². The highest BCUT2D eigenvalue weighted by molar-refractivity contribution is 6.00. The Morgan fingerprint density at radius 2 is 1.71 bits per heavy atom. The van der Waals surface area contributed by atoms with Crippen LogP contribution in [0, 0.1) is 18.3 Å². The number of benzene rings is 1. The van der Waals surface area contributed by atoms with Gasteiger partial charge in [-0.1, -0.05) is 51.8 Å². The molecule has 0 saturated carbocycles. The summed E-state index contributed by atoms with van der Waals surface area (Å²) in [7, 11) is 0. The van der Waals surface area contributed by atoms with E-state index in [1.165, 1.54) is 32.1 Å². The Labute approximate surface area is 205 Å². The molecule has 0 radical (unpaired) electrons. The number of furan rings is 1. The molecule has 0 aliphatic carbocycles. The van der Waals surface area contributed by atoms with Gasteiger partial charge in [-0.3, -0.25) is 14.5 Å². The lowest BCUT2D eigenvalue weighted by Gasteiger charge is -2.38. The van der Waals surface area contributed by atoms with Gasteiger partial charge in [0.1, 0.15) is 11.4 Å². The maximum absolute atomic E-state index is 12.7. The quantitative estimate of drug-likeness (QED) is 0.254. The van der Waals surface area contributed by atoms with E-state index in [1.807, 2.05) is 31.2 Å². The smallest absolute Gasteiger partial charge is 0.198 e. The van der Waals surface area contributed by atoms with Crippen molar-refractivity contribution in [1.29, 1.82) is 0 Å². The Balaban J connectivity index is 1.18. The van der Waals surface area contributed by atoms with Crippen molar-refractivity contribution in [3.8, 4) is 0 Å². The molecule has 2 aromatic rings. The van der Waals surface area contributed by atoms with Crippen molar-refractivity contribution in [3.05, 3.63) is 35.6 Å². The normalized spacial score (nSPS) is 23.0. The maximum Gasteiger partial charge on any atom is 0.198 e. The number of unbranched alkanes of at least 4 members (excludes halogenated alkanes) is 1. The van der Waals surface area contributed by atoms with Crippen LogP contribution in [0.4, 0.5) is 0 Å². The first kappa shape index (κ1) is 25.2. The summed E-state index contributed by atoms with van der Waals surface area (Å²) in [5, 5.41) is 1.04. The standard InChI is InChI=1S/C30H43NO3/c1-21-26-12-6-8-14-28(26)34-29(21)27(33)13-7-5-10-22-18-23-15-16-24(19-22)31(23)20-25(32)11-9-17-30(2,3)4/h6,8,12,14,22-24H,5,7,9-11,13,15-20H2,1-4H3/t22?,23-,24+. The first-order valence-electron chi connectivity index (χ1n) is 13.5. The number of piperidine rings is 1. The van der Waals surface area contributed by atoms with E-state index in [1.54, 1.807) is 0 Å². The van der Waals surface area contributed by atoms with Crippen molar-refractivity contribution in [2.24, 2.45) is 11.3 Å². The van der Waals surface area contributed by atoms with Gasteiger partial charge in [0.2, 0.25) is 0 Å². The number of carbonyl (C=O) groups excluding carboxylic acids is 2. The zero-order chi connectivity index (χ0) is 24.3. The molecule has 3 atom stereocenters. The van der Waals surface area contributed by atoms with Gasteiger partial charge in [0, 0.05) is 35.9 Å². The Hall–Kier alpha value is -1.94. The van der Waals surface area contributed by atoms with Crippen molar-refractivity contribution in [1.82, 2.24) is 4.90 Å². The number of aryl methyl sites for hydroxylation is 1. The highest BCUT2D eigenvalue weighted by Crippen LogP contribution is 2.40. The molecule has 4 heteroatoms. The van der Waals surface area contributed by atoms with Crippen LogP contribution in [0.25, 0.3) is 11.0 Å². The molecule has 2 bridgehead atoms. The van der Waals surface area contributed by atoms with Gasteiger partial charge in [0.05, 0.1) is 6.54 Å². The molecule has 2 aliphatic heterocycles. The highest BCUT2D eigenvalue weighted by atomic mass is 16.3. The molecule has 2 fully saturated rings. The van der Waals surface area contributed by atoms with Crippen LogP contribution in [0.1, 0.15) is 108 Å². The topological polar surface area (TPSA) is 50.5 Å². The maximum atomic E-state index is 12.7. The van der Waals surface area contributed by atoms with Crippen LogP contribution in [-0.2, 0) is 4.79 Å². The number of hydrogen-bond donors (Lipinski definition) is 0. The molecule has 3 heterocycles. The van der Waals surface area contributed by atoms with Gasteiger partial charge in [-0.15, -0.1) is 0 Å². The summed E-state index contributed by atoms with van der Waals surface area (Å²) in [6.45, 7) is 9.39. The van der Waals surface area contributed by atoms with Crippen LogP contribution in [-0.4, -0.2) is 35.1 Å². The molecule has 0 N–H and O–H groups in total. The fourth-order valence-electron chi connectivity index (χ4n) is 6.25. The molecule has 4 nitrogen and oxygen atoms in total. The van der Waals surface area contributed by atoms with Crippen LogP contribution in [0.2, 0.25) is 0 Å². The number of rotatable bonds is 11. The molecular formula is C30H43NO3. The van der Waals surface area contributed by atoms with Crippen molar-refractivity contribution in [2.45, 2.75) is 110 Å². The predicted molar refractivity (Wildman–Crippen MR) is 138 cm³/mol. The van der Waals surface area contributed by atoms with Crippen molar-refractivity contribution in [2.75, 3.05) is 6.54 Å². The van der Waals surface area contributed by atoms with Gasteiger partial charge in [0.25, 0.3) is 0 Å². The Morgan fingerprint density at radius 1 is 1.00 bits per heavy atom. The number of nitrogens with zero attached hydrogens (tertiary/aromatic N) is 1. The summed E-state index contributed by atoms with van der Waals surface area (Å²) < 4.78 is 5.85. The highest BCUT2D eigenvalue weighted by Gasteiger charge is 2.40. The van der Waals surface area contributed by atoms with E-state index >= 15 is 0 Å². The first-order chi connectivity index (χ1) is 16.2. The molecule has 0 amide bonds. The molecule has 4 rings (SSSR count). The van der Waals surface area contributed by atoms with Crippen molar-refractivity contribution >= 4 is 22.5 Å². The second kappa shape index (κ2) is 10.8. The van der Waals surface area contributed by atoms with Gasteiger partial charge in [-0.25, -0.2) is 0 Å². The van der Waals surface area contributed by atoms with Gasteiger partial charge in [-0.2, -0.15) is 0 Å². The van der Waals surface area contributed by atoms with E-state index in [0.717, 1.165) is 54.6 Å². The summed E-state index contributed by atoms with van der Waals surface area (Å²) in [6, 6.07) is 9.07. The summed E-state index contributed by atoms with van der Waals surface area (Å²) in [4.78, 5) is 27.9. The zero-order valence-electron chi connectivity index (χ0n) is 21.7. The van der Waals surface area contributed by atoms with Gasteiger partial charge in [-0.05, 0) is 69.3 Å². The van der Waals surface area contributed by atoms with Crippen LogP contribution < -0.4 is 0 Å². The number of fused-ring (bicyclic) bond motifs is 3. The van der Waals surface area contributed by atoms with Crippen LogP contribution in [0.15, 0.2) is 28.7 Å². The third-order valence-corrected chi connectivity index (χ3v) is 8.09. The average Bonchev–Trinajstić information content (AvgIpc) is 3.22. The van der Waals surface area contributed by atoms with Crippen LogP contribution in [0.5, 0.6) is 0 Å². The summed E-state index contributed by atoms with van der Waals surface area (Å²) in [5.74, 6) is 1.85. The fourth-order valence-corrected chi connectivity index (χ4v) is 6.25. The van der Waals surface area contributed by atoms with Gasteiger partial charge in [0.15, 0.2) is 11.5 Å². The molecule has 1 aromatic heterocycles. The fraction of sp³-hybridized carbons (Fsp3) is 0.667. The van der Waals surface area contributed by atoms with E-state index in [4.69, 9.17) is 4.42 Å². The van der Waals surface area contributed by atoms with E-state index in [2.05, 4.69) is 25.7 Å². The van der Waals surface area contributed by atoms with E-state index in [-0.39, 0.29) is 5.78 Å². The zero-order valence-corrected chi connectivity index (χ0v) is 21.7. The molecule has 1 unspecified atom stereocenters. The molecular weight excluding hydrogens is 422 g/mol. The number of hydrogen-bond acceptors (Lipinski definition) is 4. The van der Waals surface area contributed by atoms with E-state index in [9.17, 15) is 9.59 Å². The number of para-hydroxylation sites is 1. The second-order valence-electron chi connectivity index (χ2n) is 12.1. The molecule has 2 saturated heterocycles. The van der Waals surface area contributed by atoms with E-state index in [0.29, 0.717) is 42.0 Å². The average molecular weight is 466 g/mol. The Bertz CT molecular complexity index is 984. The first-order valence-corrected chi connectivity index (χ1v) is 13.5. The van der Waals surface area contributed by atoms with Crippen LogP contribution >= 0.6 is 0 Å². The minimum absolute atomic E-state index is 0.133. The number of Topliss-reactive ketones (excluding diaryl/α,β-unsaturated/α-hetero) is 2. The van der Waals surface area contributed by atoms with Gasteiger partial charge >= 0.3 is 0 Å². The van der Waals surface area contributed by atoms with Crippen LogP contribution in [0.3, 0.4) is 0 Å². The lowest BCUT2D eigenvalue weighted by atomic mass is 9.86. The largest absolute Gasteiger partial charge is 0.453 e. The number of carbonyl (C=O) groups is 2. The molecule has 34 heavy (non-hydrogen) atoms.